The van der Waals surface area contributed by atoms with Crippen LogP contribution in [0.5, 0.6) is 0 Å². The van der Waals surface area contributed by atoms with Crippen LogP contribution in [0.2, 0.25) is 0 Å². The molecule has 0 radical (unpaired) electrons. The molecule has 2 aliphatic heterocycles. The summed E-state index contributed by atoms with van der Waals surface area (Å²) < 4.78 is 5.39. The average Bonchev–Trinajstić information content (AvgIpc) is 2.89. The van der Waals surface area contributed by atoms with Gasteiger partial charge in [-0.05, 0) is 30.3 Å². The molecule has 3 unspecified atom stereocenters. The number of aliphatic hydroxyl groups is 1. The van der Waals surface area contributed by atoms with E-state index in [0.717, 1.165) is 25.2 Å². The van der Waals surface area contributed by atoms with Crippen LogP contribution in [0.4, 0.5) is 0 Å². The first-order chi connectivity index (χ1) is 6.78. The summed E-state index contributed by atoms with van der Waals surface area (Å²) in [6.45, 7) is 1.95. The number of ether oxygens (including phenoxy) is 1. The second-order valence-corrected chi connectivity index (χ2v) is 5.59. The Kier molecular flexibility index (Phi) is 3.37. The number of thioether (sulfide) groups is 1. The minimum absolute atomic E-state index is 0.143. The molecule has 4 heteroatoms. The Morgan fingerprint density at radius 1 is 1.64 bits per heavy atom. The van der Waals surface area contributed by atoms with E-state index in [1.165, 1.54) is 5.75 Å². The van der Waals surface area contributed by atoms with Gasteiger partial charge in [-0.25, -0.2) is 0 Å². The average molecular weight is 217 g/mol. The molecule has 0 aromatic rings. The predicted molar refractivity (Wildman–Crippen MR) is 58.4 cm³/mol. The molecule has 0 aromatic carbocycles. The lowest BCUT2D eigenvalue weighted by molar-refractivity contribution is -0.0127. The summed E-state index contributed by atoms with van der Waals surface area (Å²) in [7, 11) is 0. The van der Waals surface area contributed by atoms with E-state index in [0.29, 0.717) is 19.1 Å². The third-order valence-electron chi connectivity index (χ3n) is 3.58. The van der Waals surface area contributed by atoms with Gasteiger partial charge in [0.1, 0.15) is 0 Å². The highest BCUT2D eigenvalue weighted by molar-refractivity contribution is 7.99. The van der Waals surface area contributed by atoms with E-state index in [1.807, 2.05) is 11.8 Å². The smallest absolute Gasteiger partial charge is 0.0667 e. The lowest BCUT2D eigenvalue weighted by Crippen LogP contribution is -2.46. The van der Waals surface area contributed by atoms with Crippen molar-refractivity contribution in [2.75, 3.05) is 31.3 Å². The van der Waals surface area contributed by atoms with Crippen LogP contribution in [0.3, 0.4) is 0 Å². The van der Waals surface area contributed by atoms with Crippen LogP contribution in [0.15, 0.2) is 0 Å². The molecule has 0 amide bonds. The number of aliphatic hydroxyl groups excluding tert-OH is 1. The molecule has 0 aliphatic carbocycles. The van der Waals surface area contributed by atoms with Gasteiger partial charge in [0.15, 0.2) is 0 Å². The van der Waals surface area contributed by atoms with E-state index in [9.17, 15) is 5.11 Å². The van der Waals surface area contributed by atoms with Gasteiger partial charge in [-0.15, -0.1) is 0 Å². The maximum Gasteiger partial charge on any atom is 0.0667 e. The molecule has 3 atom stereocenters. The van der Waals surface area contributed by atoms with Crippen molar-refractivity contribution in [1.82, 2.24) is 0 Å². The normalized spacial score (nSPS) is 40.3. The summed E-state index contributed by atoms with van der Waals surface area (Å²) in [6.07, 6.45) is 1.80. The van der Waals surface area contributed by atoms with Crippen molar-refractivity contribution in [3.63, 3.8) is 0 Å². The zero-order chi connectivity index (χ0) is 10.0. The molecule has 82 valence electrons. The Morgan fingerprint density at radius 2 is 2.50 bits per heavy atom. The molecular weight excluding hydrogens is 198 g/mol. The minimum atomic E-state index is -0.259. The molecule has 2 aliphatic rings. The van der Waals surface area contributed by atoms with E-state index in [-0.39, 0.29) is 11.5 Å². The van der Waals surface area contributed by atoms with Crippen molar-refractivity contribution >= 4 is 11.8 Å². The highest BCUT2D eigenvalue weighted by atomic mass is 32.2. The van der Waals surface area contributed by atoms with Gasteiger partial charge in [-0.1, -0.05) is 0 Å². The second kappa shape index (κ2) is 4.39. The summed E-state index contributed by atoms with van der Waals surface area (Å²) in [5.74, 6) is 2.71. The van der Waals surface area contributed by atoms with E-state index in [4.69, 9.17) is 10.5 Å². The SMILES string of the molecule is NCC1(C(O)C2CCSC2)CCOC1. The monoisotopic (exact) mass is 217 g/mol. The molecule has 0 bridgehead atoms. The largest absolute Gasteiger partial charge is 0.392 e. The van der Waals surface area contributed by atoms with Crippen molar-refractivity contribution in [3.05, 3.63) is 0 Å². The van der Waals surface area contributed by atoms with E-state index < -0.39 is 0 Å². The summed E-state index contributed by atoms with van der Waals surface area (Å²) in [5, 5.41) is 10.3. The fourth-order valence-electron chi connectivity index (χ4n) is 2.44. The number of nitrogens with two attached hydrogens (primary N) is 1. The first kappa shape index (κ1) is 10.7. The van der Waals surface area contributed by atoms with Crippen LogP contribution in [0.1, 0.15) is 12.8 Å². The second-order valence-electron chi connectivity index (χ2n) is 4.44. The lowest BCUT2D eigenvalue weighted by atomic mass is 9.75. The molecule has 3 N–H and O–H groups in total. The molecule has 0 aromatic heterocycles. The first-order valence-corrected chi connectivity index (χ1v) is 6.48. The Labute approximate surface area is 89.4 Å². The molecular formula is C10H19NO2S. The molecule has 2 heterocycles. The van der Waals surface area contributed by atoms with E-state index >= 15 is 0 Å². The molecule has 3 nitrogen and oxygen atoms in total. The van der Waals surface area contributed by atoms with Gasteiger partial charge in [-0.2, -0.15) is 11.8 Å². The summed E-state index contributed by atoms with van der Waals surface area (Å²) in [4.78, 5) is 0. The number of hydrogen-bond acceptors (Lipinski definition) is 4. The van der Waals surface area contributed by atoms with Crippen molar-refractivity contribution in [3.8, 4) is 0 Å². The fourth-order valence-corrected chi connectivity index (χ4v) is 3.73. The van der Waals surface area contributed by atoms with Gasteiger partial charge >= 0.3 is 0 Å². The van der Waals surface area contributed by atoms with Gasteiger partial charge in [0.05, 0.1) is 12.7 Å². The third-order valence-corrected chi connectivity index (χ3v) is 4.77. The number of hydrogen-bond donors (Lipinski definition) is 2. The van der Waals surface area contributed by atoms with Crippen LogP contribution < -0.4 is 5.73 Å². The fraction of sp³-hybridized carbons (Fsp3) is 1.00. The maximum atomic E-state index is 10.3. The zero-order valence-corrected chi connectivity index (χ0v) is 9.26. The molecule has 0 spiro atoms. The molecule has 2 saturated heterocycles. The van der Waals surface area contributed by atoms with Crippen LogP contribution in [-0.2, 0) is 4.74 Å². The topological polar surface area (TPSA) is 55.5 Å². The highest BCUT2D eigenvalue weighted by Gasteiger charge is 2.44. The quantitative estimate of drug-likeness (QED) is 0.721. The zero-order valence-electron chi connectivity index (χ0n) is 8.45. The summed E-state index contributed by atoms with van der Waals surface area (Å²) in [6, 6.07) is 0. The van der Waals surface area contributed by atoms with Crippen LogP contribution in [0.25, 0.3) is 0 Å². The minimum Gasteiger partial charge on any atom is -0.392 e. The number of rotatable bonds is 3. The van der Waals surface area contributed by atoms with Gasteiger partial charge in [0.25, 0.3) is 0 Å². The van der Waals surface area contributed by atoms with Gasteiger partial charge in [0, 0.05) is 18.6 Å². The summed E-state index contributed by atoms with van der Waals surface area (Å²) in [5.41, 5.74) is 5.65. The van der Waals surface area contributed by atoms with Crippen LogP contribution in [-0.4, -0.2) is 42.5 Å². The van der Waals surface area contributed by atoms with Crippen molar-refractivity contribution in [2.45, 2.75) is 18.9 Å². The highest BCUT2D eigenvalue weighted by Crippen LogP contribution is 2.39. The molecule has 0 saturated carbocycles. The van der Waals surface area contributed by atoms with Crippen molar-refractivity contribution < 1.29 is 9.84 Å². The molecule has 2 fully saturated rings. The Hall–Kier alpha value is 0.230. The van der Waals surface area contributed by atoms with Crippen molar-refractivity contribution in [1.29, 1.82) is 0 Å². The van der Waals surface area contributed by atoms with Crippen molar-refractivity contribution in [2.24, 2.45) is 17.1 Å². The van der Waals surface area contributed by atoms with Gasteiger partial charge in [0.2, 0.25) is 0 Å². The maximum absolute atomic E-state index is 10.3. The van der Waals surface area contributed by atoms with Gasteiger partial charge < -0.3 is 15.6 Å². The lowest BCUT2D eigenvalue weighted by Gasteiger charge is -2.34. The van der Waals surface area contributed by atoms with E-state index in [2.05, 4.69) is 0 Å². The van der Waals surface area contributed by atoms with E-state index in [1.54, 1.807) is 0 Å². The Bertz CT molecular complexity index is 189. The van der Waals surface area contributed by atoms with Gasteiger partial charge in [-0.3, -0.25) is 0 Å². The summed E-state index contributed by atoms with van der Waals surface area (Å²) >= 11 is 1.94. The Morgan fingerprint density at radius 3 is 3.00 bits per heavy atom. The van der Waals surface area contributed by atoms with Crippen LogP contribution >= 0.6 is 11.8 Å². The first-order valence-electron chi connectivity index (χ1n) is 5.32. The van der Waals surface area contributed by atoms with Crippen LogP contribution in [0, 0.1) is 11.3 Å². The third kappa shape index (κ3) is 1.81. The molecule has 2 rings (SSSR count). The molecule has 14 heavy (non-hydrogen) atoms. The predicted octanol–water partition coefficient (Wildman–Crippen LogP) is 0.466. The standard InChI is InChI=1S/C10H19NO2S/c11-6-10(2-3-13-7-10)9(12)8-1-4-14-5-8/h8-9,12H,1-7,11H2. The Balaban J connectivity index is 2.02.